The van der Waals surface area contributed by atoms with E-state index in [0.717, 1.165) is 33.6 Å². The maximum absolute atomic E-state index is 9.37. The van der Waals surface area contributed by atoms with Crippen LogP contribution in [0.5, 0.6) is 0 Å². The molecule has 2 aromatic heterocycles. The summed E-state index contributed by atoms with van der Waals surface area (Å²) in [5.41, 5.74) is 5.41. The van der Waals surface area contributed by atoms with E-state index in [-0.39, 0.29) is 67.8 Å². The molecule has 2 heterocycles. The lowest BCUT2D eigenvalue weighted by atomic mass is 10.0. The molecule has 0 unspecified atom stereocenters. The predicted octanol–water partition coefficient (Wildman–Crippen LogP) is 10.6. The van der Waals surface area contributed by atoms with Gasteiger partial charge in [-0.15, -0.1) is 11.3 Å². The molecular formula is C39H25N3S. The van der Waals surface area contributed by atoms with Crippen molar-refractivity contribution in [2.75, 3.05) is 0 Å². The van der Waals surface area contributed by atoms with Crippen LogP contribution in [0.25, 0.3) is 76.6 Å². The van der Waals surface area contributed by atoms with Gasteiger partial charge in [0, 0.05) is 36.9 Å². The second kappa shape index (κ2) is 10.8. The molecule has 8 aromatic rings. The van der Waals surface area contributed by atoms with Gasteiger partial charge in [-0.25, -0.2) is 15.0 Å². The number of aromatic nitrogens is 3. The van der Waals surface area contributed by atoms with Crippen LogP contribution in [0.3, 0.4) is 0 Å². The molecule has 0 aliphatic rings. The highest BCUT2D eigenvalue weighted by Crippen LogP contribution is 2.36. The van der Waals surface area contributed by atoms with Gasteiger partial charge in [0.15, 0.2) is 17.5 Å². The van der Waals surface area contributed by atoms with Crippen molar-refractivity contribution in [2.45, 2.75) is 0 Å². The first-order chi connectivity index (χ1) is 24.2. The van der Waals surface area contributed by atoms with Crippen LogP contribution < -0.4 is 0 Å². The molecule has 8 rings (SSSR count). The molecule has 4 heteroatoms. The summed E-state index contributed by atoms with van der Waals surface area (Å²) >= 11 is 0.992. The lowest BCUT2D eigenvalue weighted by Crippen LogP contribution is -2.00. The van der Waals surface area contributed by atoms with E-state index in [1.165, 1.54) is 0 Å². The number of thiophene rings is 1. The van der Waals surface area contributed by atoms with Gasteiger partial charge < -0.3 is 0 Å². The highest BCUT2D eigenvalue weighted by Gasteiger charge is 2.15. The molecule has 0 aliphatic carbocycles. The number of benzene rings is 6. The minimum absolute atomic E-state index is 0.0142. The summed E-state index contributed by atoms with van der Waals surface area (Å²) in [6, 6.07) is 33.5. The number of fused-ring (bicyclic) bond motifs is 3. The first-order valence-electron chi connectivity index (χ1n) is 17.2. The Morgan fingerprint density at radius 3 is 1.70 bits per heavy atom. The number of hydrogen-bond acceptors (Lipinski definition) is 4. The van der Waals surface area contributed by atoms with Crippen LogP contribution >= 0.6 is 11.3 Å². The van der Waals surface area contributed by atoms with E-state index in [4.69, 9.17) is 23.2 Å². The van der Waals surface area contributed by atoms with Gasteiger partial charge in [-0.1, -0.05) is 121 Å². The zero-order valence-corrected chi connectivity index (χ0v) is 23.5. The third kappa shape index (κ3) is 4.88. The van der Waals surface area contributed by atoms with Crippen LogP contribution in [0.4, 0.5) is 0 Å². The standard InChI is InChI=1S/C39H25N3S/c1-3-10-26(11-4-1)28-18-20-29(21-19-28)37-40-38(31-15-9-14-30(24-31)27-12-5-2-6-13-27)42-39(41-37)32-22-23-36-34(25-32)33-16-7-8-17-35(33)43-36/h1-25H/i7D,8D,16D,17D,22D,23D,25D. The molecule has 0 N–H and O–H groups in total. The van der Waals surface area contributed by atoms with Crippen LogP contribution in [0.2, 0.25) is 0 Å². The number of nitrogens with zero attached hydrogens (tertiary/aromatic N) is 3. The van der Waals surface area contributed by atoms with Crippen molar-refractivity contribution in [3.63, 3.8) is 0 Å². The minimum Gasteiger partial charge on any atom is -0.208 e. The Labute approximate surface area is 263 Å². The third-order valence-electron chi connectivity index (χ3n) is 7.22. The van der Waals surface area contributed by atoms with Crippen molar-refractivity contribution in [1.29, 1.82) is 0 Å². The predicted molar refractivity (Wildman–Crippen MR) is 180 cm³/mol. The fourth-order valence-corrected chi connectivity index (χ4v) is 5.99. The van der Waals surface area contributed by atoms with Gasteiger partial charge in [0.2, 0.25) is 0 Å². The van der Waals surface area contributed by atoms with Crippen LogP contribution in [-0.4, -0.2) is 15.0 Å². The molecule has 0 bridgehead atoms. The summed E-state index contributed by atoms with van der Waals surface area (Å²) in [5.74, 6) is 0.655. The largest absolute Gasteiger partial charge is 0.208 e. The van der Waals surface area contributed by atoms with E-state index < -0.39 is 6.04 Å². The maximum atomic E-state index is 9.37. The summed E-state index contributed by atoms with van der Waals surface area (Å²) < 4.78 is 61.5. The fourth-order valence-electron chi connectivity index (χ4n) is 5.07. The van der Waals surface area contributed by atoms with E-state index >= 15 is 0 Å². The normalized spacial score (nSPS) is 13.5. The molecule has 0 aliphatic heterocycles. The molecular weight excluding hydrogens is 543 g/mol. The second-order valence-electron chi connectivity index (χ2n) is 9.96. The van der Waals surface area contributed by atoms with Crippen molar-refractivity contribution < 1.29 is 9.60 Å². The Morgan fingerprint density at radius 1 is 0.419 bits per heavy atom. The van der Waals surface area contributed by atoms with Crippen LogP contribution in [0.15, 0.2) is 151 Å². The van der Waals surface area contributed by atoms with E-state index in [2.05, 4.69) is 0 Å². The summed E-state index contributed by atoms with van der Waals surface area (Å²) in [5, 5.41) is 0.326. The third-order valence-corrected chi connectivity index (χ3v) is 8.24. The molecule has 0 saturated carbocycles. The SMILES string of the molecule is [2H]c1c([2H])c([2H])c2c(sc3c([2H])c([2H])c(-c4nc(-c5ccc(-c6ccccc6)cc5)nc(-c5cccc(-c6ccccc6)c5)n4)c([2H])c32)c1[2H]. The zero-order valence-electron chi connectivity index (χ0n) is 29.6. The highest BCUT2D eigenvalue weighted by atomic mass is 32.1. The Bertz CT molecular complexity index is 2610. The molecule has 202 valence electrons. The minimum atomic E-state index is -0.424. The van der Waals surface area contributed by atoms with Gasteiger partial charge in [0.1, 0.15) is 0 Å². The summed E-state index contributed by atoms with van der Waals surface area (Å²) in [6.45, 7) is 0. The Morgan fingerprint density at radius 2 is 0.953 bits per heavy atom. The lowest BCUT2D eigenvalue weighted by Gasteiger charge is -2.10. The van der Waals surface area contributed by atoms with Gasteiger partial charge in [0.05, 0.1) is 9.60 Å². The Kier molecular flexibility index (Phi) is 4.72. The van der Waals surface area contributed by atoms with Gasteiger partial charge in [-0.05, 0) is 52.5 Å². The summed E-state index contributed by atoms with van der Waals surface area (Å²) in [4.78, 5) is 14.5. The monoisotopic (exact) mass is 574 g/mol. The quantitative estimate of drug-likeness (QED) is 0.205. The average Bonchev–Trinajstić information content (AvgIpc) is 3.58. The molecule has 0 spiro atoms. The van der Waals surface area contributed by atoms with Crippen LogP contribution in [0.1, 0.15) is 9.60 Å². The highest BCUT2D eigenvalue weighted by molar-refractivity contribution is 7.25. The molecule has 3 nitrogen and oxygen atoms in total. The van der Waals surface area contributed by atoms with E-state index in [0.29, 0.717) is 22.8 Å². The molecule has 0 atom stereocenters. The Balaban J connectivity index is 1.38. The van der Waals surface area contributed by atoms with E-state index in [1.54, 1.807) is 0 Å². The van der Waals surface area contributed by atoms with Gasteiger partial charge in [-0.2, -0.15) is 0 Å². The lowest BCUT2D eigenvalue weighted by molar-refractivity contribution is 1.07. The summed E-state index contributed by atoms with van der Waals surface area (Å²) in [6.07, 6.45) is 0. The maximum Gasteiger partial charge on any atom is 0.164 e. The average molecular weight is 575 g/mol. The number of rotatable bonds is 5. The smallest absolute Gasteiger partial charge is 0.164 e. The van der Waals surface area contributed by atoms with Gasteiger partial charge in [0.25, 0.3) is 0 Å². The van der Waals surface area contributed by atoms with Crippen molar-refractivity contribution >= 4 is 31.5 Å². The van der Waals surface area contributed by atoms with Crippen molar-refractivity contribution in [3.05, 3.63) is 151 Å². The first-order valence-corrected chi connectivity index (χ1v) is 14.5. The Hall–Kier alpha value is -5.45. The van der Waals surface area contributed by atoms with Crippen molar-refractivity contribution in [1.82, 2.24) is 15.0 Å². The molecule has 0 radical (unpaired) electrons. The molecule has 0 amide bonds. The van der Waals surface area contributed by atoms with Gasteiger partial charge in [-0.3, -0.25) is 0 Å². The molecule has 0 fully saturated rings. The first kappa shape index (κ1) is 18.9. The second-order valence-corrected chi connectivity index (χ2v) is 11.0. The number of hydrogen-bond donors (Lipinski definition) is 0. The molecule has 6 aromatic carbocycles. The zero-order chi connectivity index (χ0) is 34.7. The fraction of sp³-hybridized carbons (Fsp3) is 0. The van der Waals surface area contributed by atoms with Crippen molar-refractivity contribution in [2.24, 2.45) is 0 Å². The molecule has 43 heavy (non-hydrogen) atoms. The van der Waals surface area contributed by atoms with E-state index in [1.807, 2.05) is 109 Å². The van der Waals surface area contributed by atoms with Gasteiger partial charge >= 0.3 is 0 Å². The topological polar surface area (TPSA) is 38.7 Å². The van der Waals surface area contributed by atoms with Crippen LogP contribution in [-0.2, 0) is 0 Å². The van der Waals surface area contributed by atoms with Crippen molar-refractivity contribution in [3.8, 4) is 56.4 Å². The van der Waals surface area contributed by atoms with E-state index in [9.17, 15) is 1.37 Å². The van der Waals surface area contributed by atoms with Crippen LogP contribution in [0, 0.1) is 0 Å². The summed E-state index contributed by atoms with van der Waals surface area (Å²) in [7, 11) is 0. The molecule has 0 saturated heterocycles.